The molecule has 0 aromatic carbocycles. The number of guanidine groups is 1. The summed E-state index contributed by atoms with van der Waals surface area (Å²) in [6.45, 7) is 10.6. The van der Waals surface area contributed by atoms with Crippen molar-refractivity contribution in [3.63, 3.8) is 0 Å². The van der Waals surface area contributed by atoms with E-state index < -0.39 is 0 Å². The summed E-state index contributed by atoms with van der Waals surface area (Å²) in [5.74, 6) is 0.829. The molecule has 0 radical (unpaired) electrons. The largest absolute Gasteiger partial charge is 0.469 e. The van der Waals surface area contributed by atoms with Crippen molar-refractivity contribution in [1.29, 1.82) is 0 Å². The molecular formula is C16H31N3O3. The Kier molecular flexibility index (Phi) is 6.66. The van der Waals surface area contributed by atoms with Gasteiger partial charge in [-0.25, -0.2) is 0 Å². The molecule has 0 aliphatic carbocycles. The highest BCUT2D eigenvalue weighted by Gasteiger charge is 2.37. The third-order valence-electron chi connectivity index (χ3n) is 4.32. The van der Waals surface area contributed by atoms with Gasteiger partial charge in [-0.3, -0.25) is 9.79 Å². The van der Waals surface area contributed by atoms with Gasteiger partial charge in [-0.15, -0.1) is 0 Å². The molecule has 0 amide bonds. The number of hydrogen-bond donors (Lipinski definition) is 1. The normalized spacial score (nSPS) is 24.3. The molecule has 1 saturated heterocycles. The lowest BCUT2D eigenvalue weighted by atomic mass is 9.89. The number of hydrogen-bond acceptors (Lipinski definition) is 4. The Balaban J connectivity index is 2.65. The van der Waals surface area contributed by atoms with E-state index in [1.807, 2.05) is 0 Å². The van der Waals surface area contributed by atoms with Crippen LogP contribution in [0.1, 0.15) is 27.7 Å². The summed E-state index contributed by atoms with van der Waals surface area (Å²) in [5.41, 5.74) is 0.0491. The van der Waals surface area contributed by atoms with Gasteiger partial charge in [0, 0.05) is 33.8 Å². The summed E-state index contributed by atoms with van der Waals surface area (Å²) in [6.07, 6.45) is 0.0840. The molecule has 22 heavy (non-hydrogen) atoms. The lowest BCUT2D eigenvalue weighted by molar-refractivity contribution is -0.145. The second-order valence-corrected chi connectivity index (χ2v) is 7.03. The Morgan fingerprint density at radius 1 is 1.36 bits per heavy atom. The van der Waals surface area contributed by atoms with Crippen molar-refractivity contribution in [2.75, 3.05) is 40.9 Å². The van der Waals surface area contributed by atoms with Gasteiger partial charge in [-0.05, 0) is 11.3 Å². The first-order chi connectivity index (χ1) is 10.2. The second-order valence-electron chi connectivity index (χ2n) is 7.03. The average Bonchev–Trinajstić information content (AvgIpc) is 2.83. The minimum absolute atomic E-state index is 0.0491. The fourth-order valence-electron chi connectivity index (χ4n) is 2.86. The molecule has 0 aromatic heterocycles. The van der Waals surface area contributed by atoms with Gasteiger partial charge in [0.05, 0.1) is 19.1 Å². The Bertz CT molecular complexity index is 404. The zero-order valence-corrected chi connectivity index (χ0v) is 15.0. The van der Waals surface area contributed by atoms with Crippen molar-refractivity contribution in [3.05, 3.63) is 0 Å². The van der Waals surface area contributed by atoms with Crippen LogP contribution in [0.5, 0.6) is 0 Å². The molecule has 6 heteroatoms. The Morgan fingerprint density at radius 2 is 2.00 bits per heavy atom. The standard InChI is InChI=1S/C16H31N3O3/c1-11-9-19(10-12(11)14(20)22-7)15(17-5)18-8-13(21-6)16(2,3)4/h11-13H,8-10H2,1-7H3,(H,17,18). The van der Waals surface area contributed by atoms with Crippen LogP contribution < -0.4 is 5.32 Å². The summed E-state index contributed by atoms with van der Waals surface area (Å²) in [5, 5.41) is 3.37. The van der Waals surface area contributed by atoms with Crippen molar-refractivity contribution in [2.45, 2.75) is 33.8 Å². The summed E-state index contributed by atoms with van der Waals surface area (Å²) in [6, 6.07) is 0. The van der Waals surface area contributed by atoms with E-state index in [-0.39, 0.29) is 29.3 Å². The molecule has 1 aliphatic heterocycles. The first-order valence-corrected chi connectivity index (χ1v) is 7.80. The maximum Gasteiger partial charge on any atom is 0.310 e. The third kappa shape index (κ3) is 4.60. The predicted molar refractivity (Wildman–Crippen MR) is 87.9 cm³/mol. The topological polar surface area (TPSA) is 63.2 Å². The summed E-state index contributed by atoms with van der Waals surface area (Å²) in [4.78, 5) is 18.2. The molecule has 0 saturated carbocycles. The molecule has 1 aliphatic rings. The van der Waals surface area contributed by atoms with Crippen LogP contribution in [0, 0.1) is 17.3 Å². The van der Waals surface area contributed by atoms with Gasteiger partial charge < -0.3 is 19.7 Å². The molecule has 1 heterocycles. The van der Waals surface area contributed by atoms with Gasteiger partial charge in [-0.1, -0.05) is 27.7 Å². The van der Waals surface area contributed by atoms with Crippen LogP contribution in [-0.2, 0) is 14.3 Å². The maximum atomic E-state index is 11.8. The lowest BCUT2D eigenvalue weighted by Crippen LogP contribution is -2.46. The van der Waals surface area contributed by atoms with Crippen LogP contribution in [-0.4, -0.2) is 63.8 Å². The van der Waals surface area contributed by atoms with E-state index in [1.165, 1.54) is 7.11 Å². The SMILES string of the molecule is CN=C(NCC(OC)C(C)(C)C)N1CC(C)C(C(=O)OC)C1. The summed E-state index contributed by atoms with van der Waals surface area (Å²) < 4.78 is 10.4. The highest BCUT2D eigenvalue weighted by molar-refractivity contribution is 5.82. The van der Waals surface area contributed by atoms with E-state index in [1.54, 1.807) is 14.2 Å². The highest BCUT2D eigenvalue weighted by atomic mass is 16.5. The number of carbonyl (C=O) groups excluding carboxylic acids is 1. The smallest absolute Gasteiger partial charge is 0.310 e. The predicted octanol–water partition coefficient (Wildman–Crippen LogP) is 1.36. The Labute approximate surface area is 134 Å². The molecule has 1 N–H and O–H groups in total. The van der Waals surface area contributed by atoms with Crippen molar-refractivity contribution in [3.8, 4) is 0 Å². The van der Waals surface area contributed by atoms with E-state index in [0.717, 1.165) is 12.5 Å². The number of rotatable bonds is 4. The van der Waals surface area contributed by atoms with Gasteiger partial charge in [0.25, 0.3) is 0 Å². The zero-order valence-electron chi connectivity index (χ0n) is 15.0. The van der Waals surface area contributed by atoms with Crippen LogP contribution in [0.4, 0.5) is 0 Å². The van der Waals surface area contributed by atoms with E-state index in [2.05, 4.69) is 42.9 Å². The third-order valence-corrected chi connectivity index (χ3v) is 4.32. The molecule has 3 unspecified atom stereocenters. The van der Waals surface area contributed by atoms with Crippen molar-refractivity contribution in [2.24, 2.45) is 22.2 Å². The zero-order chi connectivity index (χ0) is 16.9. The average molecular weight is 313 g/mol. The van der Waals surface area contributed by atoms with E-state index in [4.69, 9.17) is 9.47 Å². The highest BCUT2D eigenvalue weighted by Crippen LogP contribution is 2.24. The first kappa shape index (κ1) is 18.7. The van der Waals surface area contributed by atoms with E-state index in [0.29, 0.717) is 13.1 Å². The van der Waals surface area contributed by atoms with Crippen molar-refractivity contribution in [1.82, 2.24) is 10.2 Å². The number of aliphatic imine (C=N–C) groups is 1. The van der Waals surface area contributed by atoms with E-state index >= 15 is 0 Å². The first-order valence-electron chi connectivity index (χ1n) is 7.80. The van der Waals surface area contributed by atoms with Crippen LogP contribution in [0.3, 0.4) is 0 Å². The molecular weight excluding hydrogens is 282 g/mol. The number of nitrogens with one attached hydrogen (secondary N) is 1. The van der Waals surface area contributed by atoms with Crippen LogP contribution >= 0.6 is 0 Å². The molecule has 6 nitrogen and oxygen atoms in total. The molecule has 1 rings (SSSR count). The monoisotopic (exact) mass is 313 g/mol. The molecule has 0 bridgehead atoms. The molecule has 1 fully saturated rings. The van der Waals surface area contributed by atoms with Gasteiger partial charge in [0.15, 0.2) is 5.96 Å². The Hall–Kier alpha value is -1.30. The Morgan fingerprint density at radius 3 is 2.45 bits per heavy atom. The quantitative estimate of drug-likeness (QED) is 0.482. The number of esters is 1. The van der Waals surface area contributed by atoms with Crippen LogP contribution in [0.25, 0.3) is 0 Å². The summed E-state index contributed by atoms with van der Waals surface area (Å²) in [7, 11) is 4.93. The van der Waals surface area contributed by atoms with Crippen molar-refractivity contribution < 1.29 is 14.3 Å². The maximum absolute atomic E-state index is 11.8. The molecule has 3 atom stereocenters. The summed E-state index contributed by atoms with van der Waals surface area (Å²) >= 11 is 0. The number of carbonyl (C=O) groups is 1. The minimum Gasteiger partial charge on any atom is -0.469 e. The van der Waals surface area contributed by atoms with Crippen LogP contribution in [0.15, 0.2) is 4.99 Å². The molecule has 0 aromatic rings. The van der Waals surface area contributed by atoms with Crippen LogP contribution in [0.2, 0.25) is 0 Å². The number of likely N-dealkylation sites (tertiary alicyclic amines) is 1. The van der Waals surface area contributed by atoms with Crippen molar-refractivity contribution >= 4 is 11.9 Å². The lowest BCUT2D eigenvalue weighted by Gasteiger charge is -2.31. The fraction of sp³-hybridized carbons (Fsp3) is 0.875. The van der Waals surface area contributed by atoms with Gasteiger partial charge in [-0.2, -0.15) is 0 Å². The van der Waals surface area contributed by atoms with E-state index in [9.17, 15) is 4.79 Å². The number of ether oxygens (including phenoxy) is 2. The fourth-order valence-corrected chi connectivity index (χ4v) is 2.86. The molecule has 0 spiro atoms. The minimum atomic E-state index is -0.144. The van der Waals surface area contributed by atoms with Gasteiger partial charge in [0.1, 0.15) is 0 Å². The number of methoxy groups -OCH3 is 2. The number of nitrogens with zero attached hydrogens (tertiary/aromatic N) is 2. The van der Waals surface area contributed by atoms with Gasteiger partial charge >= 0.3 is 5.97 Å². The molecule has 128 valence electrons. The second kappa shape index (κ2) is 7.81. The van der Waals surface area contributed by atoms with Gasteiger partial charge in [0.2, 0.25) is 0 Å².